The van der Waals surface area contributed by atoms with Crippen LogP contribution in [0.3, 0.4) is 0 Å². The molecule has 92 valence electrons. The van der Waals surface area contributed by atoms with E-state index in [2.05, 4.69) is 47.2 Å². The van der Waals surface area contributed by atoms with Crippen LogP contribution < -0.4 is 5.32 Å². The Morgan fingerprint density at radius 3 is 2.76 bits per heavy atom. The molecule has 0 saturated carbocycles. The van der Waals surface area contributed by atoms with Crippen LogP contribution in [0.4, 0.5) is 10.5 Å². The van der Waals surface area contributed by atoms with Gasteiger partial charge in [0.25, 0.3) is 0 Å². The second-order valence-corrected chi connectivity index (χ2v) is 5.84. The van der Waals surface area contributed by atoms with Gasteiger partial charge in [-0.2, -0.15) is 0 Å². The molecule has 1 heterocycles. The molecule has 2 rings (SSSR count). The summed E-state index contributed by atoms with van der Waals surface area (Å²) in [6, 6.07) is 6.20. The van der Waals surface area contributed by atoms with Crippen molar-refractivity contribution in [2.75, 3.05) is 12.4 Å². The van der Waals surface area contributed by atoms with Crippen molar-refractivity contribution in [2.45, 2.75) is 25.2 Å². The van der Waals surface area contributed by atoms with Crippen LogP contribution >= 0.6 is 15.9 Å². The lowest BCUT2D eigenvalue weighted by Gasteiger charge is -2.27. The molecule has 0 saturated heterocycles. The minimum Gasteiger partial charge on any atom is -0.323 e. The molecule has 0 spiro atoms. The number of carbonyl (C=O) groups excluding carboxylic acids is 1. The Morgan fingerprint density at radius 1 is 1.41 bits per heavy atom. The highest BCUT2D eigenvalue weighted by Crippen LogP contribution is 2.34. The number of hydrogen-bond acceptors (Lipinski definition) is 1. The maximum absolute atomic E-state index is 11.5. The van der Waals surface area contributed by atoms with Gasteiger partial charge < -0.3 is 10.2 Å². The smallest absolute Gasteiger partial charge is 0.321 e. The van der Waals surface area contributed by atoms with Crippen molar-refractivity contribution in [2.24, 2.45) is 5.92 Å². The summed E-state index contributed by atoms with van der Waals surface area (Å²) >= 11 is 3.70. The van der Waals surface area contributed by atoms with E-state index in [1.807, 2.05) is 6.07 Å². The molecule has 1 unspecified atom stereocenters. The lowest BCUT2D eigenvalue weighted by Crippen LogP contribution is -2.35. The van der Waals surface area contributed by atoms with Gasteiger partial charge in [-0.25, -0.2) is 4.79 Å². The molecule has 0 bridgehead atoms. The number of nitrogens with zero attached hydrogens (tertiary/aromatic N) is 1. The molecule has 0 aromatic heterocycles. The number of urea groups is 1. The van der Waals surface area contributed by atoms with Gasteiger partial charge in [-0.15, -0.1) is 0 Å². The van der Waals surface area contributed by atoms with Crippen molar-refractivity contribution in [3.05, 3.63) is 29.3 Å². The molecular weight excluding hydrogens is 280 g/mol. The zero-order chi connectivity index (χ0) is 12.6. The van der Waals surface area contributed by atoms with Crippen molar-refractivity contribution in [3.8, 4) is 0 Å². The fourth-order valence-corrected chi connectivity index (χ4v) is 2.25. The molecule has 1 N–H and O–H groups in total. The average Bonchev–Trinajstić information content (AvgIpc) is 2.29. The fourth-order valence-electron chi connectivity index (χ4n) is 1.96. The highest BCUT2D eigenvalue weighted by atomic mass is 79.9. The topological polar surface area (TPSA) is 32.3 Å². The predicted octanol–water partition coefficient (Wildman–Crippen LogP) is 3.76. The predicted molar refractivity (Wildman–Crippen MR) is 73.4 cm³/mol. The van der Waals surface area contributed by atoms with Gasteiger partial charge in [0.1, 0.15) is 0 Å². The van der Waals surface area contributed by atoms with Gasteiger partial charge in [0, 0.05) is 24.1 Å². The van der Waals surface area contributed by atoms with Crippen molar-refractivity contribution >= 4 is 27.6 Å². The summed E-state index contributed by atoms with van der Waals surface area (Å²) in [6.45, 7) is 5.05. The normalized spacial score (nSPS) is 16.8. The summed E-state index contributed by atoms with van der Waals surface area (Å²) in [6.07, 6.45) is 0. The third-order valence-electron chi connectivity index (χ3n) is 3.03. The molecule has 0 fully saturated rings. The van der Waals surface area contributed by atoms with Crippen LogP contribution in [-0.2, 0) is 6.54 Å². The molecule has 1 aliphatic rings. The SMILES string of the molecule is CC(C)C(Br)c1ccc2c(c1)CN(C)C(=O)N2. The number of anilines is 1. The van der Waals surface area contributed by atoms with E-state index in [1.165, 1.54) is 11.1 Å². The Hall–Kier alpha value is -1.03. The number of halogens is 1. The average molecular weight is 297 g/mol. The molecule has 1 aromatic carbocycles. The van der Waals surface area contributed by atoms with E-state index < -0.39 is 0 Å². The van der Waals surface area contributed by atoms with Gasteiger partial charge in [-0.3, -0.25) is 0 Å². The third-order valence-corrected chi connectivity index (χ3v) is 4.61. The van der Waals surface area contributed by atoms with Gasteiger partial charge in [0.2, 0.25) is 0 Å². The van der Waals surface area contributed by atoms with Crippen LogP contribution in [0.5, 0.6) is 0 Å². The van der Waals surface area contributed by atoms with Crippen molar-refractivity contribution in [1.82, 2.24) is 4.90 Å². The highest BCUT2D eigenvalue weighted by molar-refractivity contribution is 9.09. The Labute approximate surface area is 110 Å². The molecule has 17 heavy (non-hydrogen) atoms. The first-order chi connectivity index (χ1) is 7.99. The summed E-state index contributed by atoms with van der Waals surface area (Å²) < 4.78 is 0. The van der Waals surface area contributed by atoms with Crippen LogP contribution in [0.15, 0.2) is 18.2 Å². The van der Waals surface area contributed by atoms with Gasteiger partial charge in [0.05, 0.1) is 0 Å². The van der Waals surface area contributed by atoms with E-state index >= 15 is 0 Å². The minimum absolute atomic E-state index is 0.0375. The van der Waals surface area contributed by atoms with E-state index in [0.29, 0.717) is 17.3 Å². The van der Waals surface area contributed by atoms with E-state index in [9.17, 15) is 4.79 Å². The van der Waals surface area contributed by atoms with E-state index in [1.54, 1.807) is 11.9 Å². The Bertz CT molecular complexity index is 445. The monoisotopic (exact) mass is 296 g/mol. The Morgan fingerprint density at radius 2 is 2.12 bits per heavy atom. The second-order valence-electron chi connectivity index (χ2n) is 4.85. The third kappa shape index (κ3) is 2.46. The maximum atomic E-state index is 11.5. The molecule has 1 atom stereocenters. The van der Waals surface area contributed by atoms with Crippen LogP contribution in [0.25, 0.3) is 0 Å². The Balaban J connectivity index is 2.32. The summed E-state index contributed by atoms with van der Waals surface area (Å²) in [4.78, 5) is 13.5. The molecule has 0 aliphatic carbocycles. The summed E-state index contributed by atoms with van der Waals surface area (Å²) in [5, 5.41) is 2.88. The maximum Gasteiger partial charge on any atom is 0.321 e. The number of amides is 2. The number of hydrogen-bond donors (Lipinski definition) is 1. The molecule has 4 heteroatoms. The molecular formula is C13H17BrN2O. The summed E-state index contributed by atoms with van der Waals surface area (Å²) in [7, 11) is 1.80. The Kier molecular flexibility index (Phi) is 3.43. The number of carbonyl (C=O) groups is 1. The molecule has 2 amide bonds. The highest BCUT2D eigenvalue weighted by Gasteiger charge is 2.21. The van der Waals surface area contributed by atoms with Crippen LogP contribution in [0.2, 0.25) is 0 Å². The van der Waals surface area contributed by atoms with Gasteiger partial charge >= 0.3 is 6.03 Å². The van der Waals surface area contributed by atoms with Crippen molar-refractivity contribution in [1.29, 1.82) is 0 Å². The number of fused-ring (bicyclic) bond motifs is 1. The number of rotatable bonds is 2. The van der Waals surface area contributed by atoms with E-state index in [0.717, 1.165) is 5.69 Å². The standard InChI is InChI=1S/C13H17BrN2O/c1-8(2)12(14)9-4-5-11-10(6-9)7-16(3)13(17)15-11/h4-6,8,12H,7H2,1-3H3,(H,15,17). The zero-order valence-corrected chi connectivity index (χ0v) is 11.9. The fraction of sp³-hybridized carbons (Fsp3) is 0.462. The first kappa shape index (κ1) is 12.4. The van der Waals surface area contributed by atoms with Gasteiger partial charge in [0.15, 0.2) is 0 Å². The van der Waals surface area contributed by atoms with E-state index in [-0.39, 0.29) is 6.03 Å². The van der Waals surface area contributed by atoms with Crippen LogP contribution in [-0.4, -0.2) is 18.0 Å². The largest absolute Gasteiger partial charge is 0.323 e. The quantitative estimate of drug-likeness (QED) is 0.828. The van der Waals surface area contributed by atoms with Crippen LogP contribution in [0, 0.1) is 5.92 Å². The molecule has 1 aromatic rings. The van der Waals surface area contributed by atoms with E-state index in [4.69, 9.17) is 0 Å². The lowest BCUT2D eigenvalue weighted by atomic mass is 9.99. The number of alkyl halides is 1. The number of nitrogens with one attached hydrogen (secondary N) is 1. The molecule has 1 aliphatic heterocycles. The summed E-state index contributed by atoms with van der Waals surface area (Å²) in [5.74, 6) is 0.545. The summed E-state index contributed by atoms with van der Waals surface area (Å²) in [5.41, 5.74) is 3.37. The first-order valence-electron chi connectivity index (χ1n) is 5.78. The molecule has 0 radical (unpaired) electrons. The minimum atomic E-state index is -0.0375. The van der Waals surface area contributed by atoms with Crippen molar-refractivity contribution in [3.63, 3.8) is 0 Å². The molecule has 3 nitrogen and oxygen atoms in total. The van der Waals surface area contributed by atoms with Gasteiger partial charge in [-0.05, 0) is 23.1 Å². The second kappa shape index (κ2) is 4.69. The van der Waals surface area contributed by atoms with Gasteiger partial charge in [-0.1, -0.05) is 41.9 Å². The lowest BCUT2D eigenvalue weighted by molar-refractivity contribution is 0.218. The zero-order valence-electron chi connectivity index (χ0n) is 10.3. The first-order valence-corrected chi connectivity index (χ1v) is 6.69. The van der Waals surface area contributed by atoms with Crippen molar-refractivity contribution < 1.29 is 4.79 Å². The number of benzene rings is 1. The van der Waals surface area contributed by atoms with Crippen LogP contribution in [0.1, 0.15) is 29.8 Å².